The van der Waals surface area contributed by atoms with Gasteiger partial charge in [-0.2, -0.15) is 8.78 Å². The van der Waals surface area contributed by atoms with Crippen LogP contribution in [0.2, 0.25) is 0 Å². The van der Waals surface area contributed by atoms with E-state index < -0.39 is 26.3 Å². The molecule has 0 spiro atoms. The number of benzene rings is 1. The topological polar surface area (TPSA) is 72.0 Å². The van der Waals surface area contributed by atoms with E-state index in [9.17, 15) is 17.2 Å². The summed E-state index contributed by atoms with van der Waals surface area (Å²) in [7, 11) is 0.945. The Morgan fingerprint density at radius 2 is 2.12 bits per heavy atom. The summed E-state index contributed by atoms with van der Waals surface area (Å²) < 4.78 is 50.8. The van der Waals surface area contributed by atoms with Gasteiger partial charge < -0.3 is 9.72 Å². The zero-order valence-corrected chi connectivity index (χ0v) is 9.60. The van der Waals surface area contributed by atoms with Crippen LogP contribution in [0.3, 0.4) is 0 Å². The summed E-state index contributed by atoms with van der Waals surface area (Å²) in [5.74, 6) is -0.533. The minimum Gasteiger partial charge on any atom is -0.433 e. The van der Waals surface area contributed by atoms with Crippen LogP contribution in [-0.4, -0.2) is 25.0 Å². The van der Waals surface area contributed by atoms with Gasteiger partial charge in [-0.25, -0.2) is 13.4 Å². The maximum absolute atomic E-state index is 12.1. The highest BCUT2D eigenvalue weighted by Crippen LogP contribution is 2.31. The minimum atomic E-state index is -4.18. The van der Waals surface area contributed by atoms with Crippen LogP contribution in [0.15, 0.2) is 23.4 Å². The van der Waals surface area contributed by atoms with Gasteiger partial charge in [0.1, 0.15) is 10.6 Å². The van der Waals surface area contributed by atoms with Crippen molar-refractivity contribution in [2.45, 2.75) is 11.5 Å². The van der Waals surface area contributed by atoms with Gasteiger partial charge in [0.25, 0.3) is 9.05 Å². The predicted octanol–water partition coefficient (Wildman–Crippen LogP) is 2.09. The number of alkyl halides is 2. The van der Waals surface area contributed by atoms with E-state index in [0.29, 0.717) is 11.0 Å². The Morgan fingerprint density at radius 1 is 1.41 bits per heavy atom. The van der Waals surface area contributed by atoms with Gasteiger partial charge in [0.05, 0.1) is 17.4 Å². The number of hydrogen-bond acceptors (Lipinski definition) is 4. The number of fused-ring (bicyclic) bond motifs is 1. The van der Waals surface area contributed by atoms with Crippen molar-refractivity contribution < 1.29 is 21.9 Å². The van der Waals surface area contributed by atoms with E-state index in [1.54, 1.807) is 0 Å². The molecule has 0 bridgehead atoms. The van der Waals surface area contributed by atoms with E-state index in [0.717, 1.165) is 12.1 Å². The molecule has 92 valence electrons. The summed E-state index contributed by atoms with van der Waals surface area (Å²) in [6, 6.07) is 2.16. The van der Waals surface area contributed by atoms with E-state index >= 15 is 0 Å². The first-order chi connectivity index (χ1) is 7.88. The number of aromatic amines is 1. The largest absolute Gasteiger partial charge is 0.433 e. The second-order valence-corrected chi connectivity index (χ2v) is 5.57. The standard InChI is InChI=1S/C8H5ClF2N2O3S/c9-17(14,15)7-2-5-4(12-3-13-5)1-6(7)16-8(10)11/h1-3,8H,(H,12,13). The minimum absolute atomic E-state index is 0.296. The molecule has 5 nitrogen and oxygen atoms in total. The van der Waals surface area contributed by atoms with Gasteiger partial charge in [0, 0.05) is 16.7 Å². The van der Waals surface area contributed by atoms with Gasteiger partial charge >= 0.3 is 6.61 Å². The molecule has 0 saturated heterocycles. The molecule has 0 aliphatic carbocycles. The summed E-state index contributed by atoms with van der Waals surface area (Å²) in [6.45, 7) is -3.15. The summed E-state index contributed by atoms with van der Waals surface area (Å²) in [6.07, 6.45) is 1.29. The van der Waals surface area contributed by atoms with Crippen molar-refractivity contribution >= 4 is 30.8 Å². The molecule has 1 aromatic heterocycles. The molecular formula is C8H5ClF2N2O3S. The number of nitrogens with one attached hydrogen (secondary N) is 1. The molecule has 0 aliphatic heterocycles. The first-order valence-corrected chi connectivity index (χ1v) is 6.55. The lowest BCUT2D eigenvalue weighted by molar-refractivity contribution is -0.0516. The fraction of sp³-hybridized carbons (Fsp3) is 0.125. The van der Waals surface area contributed by atoms with Gasteiger partial charge in [-0.1, -0.05) is 0 Å². The molecule has 2 aromatic rings. The highest BCUT2D eigenvalue weighted by Gasteiger charge is 2.21. The van der Waals surface area contributed by atoms with E-state index in [-0.39, 0.29) is 0 Å². The van der Waals surface area contributed by atoms with Crippen molar-refractivity contribution in [3.63, 3.8) is 0 Å². The molecule has 2 rings (SSSR count). The van der Waals surface area contributed by atoms with Crippen LogP contribution in [0, 0.1) is 0 Å². The monoisotopic (exact) mass is 282 g/mol. The molecule has 0 radical (unpaired) electrons. The van der Waals surface area contributed by atoms with Gasteiger partial charge in [-0.15, -0.1) is 0 Å². The Morgan fingerprint density at radius 3 is 2.71 bits per heavy atom. The zero-order chi connectivity index (χ0) is 12.6. The number of H-pyrrole nitrogens is 1. The third-order valence-corrected chi connectivity index (χ3v) is 3.31. The number of imidazole rings is 1. The third-order valence-electron chi connectivity index (χ3n) is 1.96. The highest BCUT2D eigenvalue weighted by atomic mass is 35.7. The Kier molecular flexibility index (Phi) is 2.92. The van der Waals surface area contributed by atoms with Crippen molar-refractivity contribution in [2.75, 3.05) is 0 Å². The average molecular weight is 283 g/mol. The Balaban J connectivity index is 2.68. The fourth-order valence-electron chi connectivity index (χ4n) is 1.32. The zero-order valence-electron chi connectivity index (χ0n) is 8.02. The number of hydrogen-bond donors (Lipinski definition) is 1. The number of rotatable bonds is 3. The van der Waals surface area contributed by atoms with Gasteiger partial charge in [0.15, 0.2) is 0 Å². The molecule has 0 amide bonds. The lowest BCUT2D eigenvalue weighted by Gasteiger charge is -2.08. The van der Waals surface area contributed by atoms with Crippen molar-refractivity contribution in [3.05, 3.63) is 18.5 Å². The van der Waals surface area contributed by atoms with Crippen LogP contribution < -0.4 is 4.74 Å². The molecule has 9 heteroatoms. The van der Waals surface area contributed by atoms with Gasteiger partial charge in [-0.3, -0.25) is 0 Å². The van der Waals surface area contributed by atoms with E-state index in [2.05, 4.69) is 14.7 Å². The maximum atomic E-state index is 12.1. The molecule has 0 saturated carbocycles. The predicted molar refractivity (Wildman–Crippen MR) is 55.8 cm³/mol. The molecule has 17 heavy (non-hydrogen) atoms. The van der Waals surface area contributed by atoms with Crippen LogP contribution in [-0.2, 0) is 9.05 Å². The van der Waals surface area contributed by atoms with Crippen molar-refractivity contribution in [1.82, 2.24) is 9.97 Å². The van der Waals surface area contributed by atoms with Crippen LogP contribution in [0.5, 0.6) is 5.75 Å². The van der Waals surface area contributed by atoms with Crippen LogP contribution >= 0.6 is 10.7 Å². The number of halogens is 3. The number of ether oxygens (including phenoxy) is 1. The lowest BCUT2D eigenvalue weighted by atomic mass is 10.3. The number of aromatic nitrogens is 2. The molecule has 0 aliphatic rings. The molecular weight excluding hydrogens is 278 g/mol. The van der Waals surface area contributed by atoms with E-state index in [1.807, 2.05) is 0 Å². The Bertz CT molecular complexity index is 656. The Labute approximate surface area is 98.8 Å². The maximum Gasteiger partial charge on any atom is 0.387 e. The molecule has 0 atom stereocenters. The fourth-order valence-corrected chi connectivity index (χ4v) is 2.29. The molecule has 0 unspecified atom stereocenters. The summed E-state index contributed by atoms with van der Waals surface area (Å²) in [4.78, 5) is 5.90. The van der Waals surface area contributed by atoms with Gasteiger partial charge in [0.2, 0.25) is 0 Å². The molecule has 1 N–H and O–H groups in total. The second-order valence-electron chi connectivity index (χ2n) is 3.03. The number of nitrogens with zero attached hydrogens (tertiary/aromatic N) is 1. The Hall–Kier alpha value is -1.41. The van der Waals surface area contributed by atoms with Crippen LogP contribution in [0.4, 0.5) is 8.78 Å². The summed E-state index contributed by atoms with van der Waals surface area (Å²) in [5.41, 5.74) is 0.649. The van der Waals surface area contributed by atoms with Crippen molar-refractivity contribution in [1.29, 1.82) is 0 Å². The van der Waals surface area contributed by atoms with Crippen molar-refractivity contribution in [2.24, 2.45) is 0 Å². The first-order valence-electron chi connectivity index (χ1n) is 4.24. The first kappa shape index (κ1) is 12.1. The normalized spacial score (nSPS) is 12.2. The smallest absolute Gasteiger partial charge is 0.387 e. The SMILES string of the molecule is O=S(=O)(Cl)c1cc2[nH]cnc2cc1OC(F)F. The van der Waals surface area contributed by atoms with E-state index in [1.165, 1.54) is 6.33 Å². The average Bonchev–Trinajstić information content (AvgIpc) is 2.60. The quantitative estimate of drug-likeness (QED) is 0.875. The third kappa shape index (κ3) is 2.47. The second kappa shape index (κ2) is 4.11. The molecule has 1 heterocycles. The molecule has 0 fully saturated rings. The van der Waals surface area contributed by atoms with Gasteiger partial charge in [-0.05, 0) is 6.07 Å². The summed E-state index contributed by atoms with van der Waals surface area (Å²) in [5, 5.41) is 0. The van der Waals surface area contributed by atoms with Crippen molar-refractivity contribution in [3.8, 4) is 5.75 Å². The van der Waals surface area contributed by atoms with Crippen LogP contribution in [0.25, 0.3) is 11.0 Å². The highest BCUT2D eigenvalue weighted by molar-refractivity contribution is 8.13. The van der Waals surface area contributed by atoms with Crippen LogP contribution in [0.1, 0.15) is 0 Å². The molecule has 1 aromatic carbocycles. The lowest BCUT2D eigenvalue weighted by Crippen LogP contribution is -2.05. The van der Waals surface area contributed by atoms with E-state index in [4.69, 9.17) is 10.7 Å². The summed E-state index contributed by atoms with van der Waals surface area (Å²) >= 11 is 0.